The van der Waals surface area contributed by atoms with Gasteiger partial charge in [0.25, 0.3) is 15.9 Å². The summed E-state index contributed by atoms with van der Waals surface area (Å²) in [5, 5.41) is 2.39. The first-order valence-corrected chi connectivity index (χ1v) is 12.9. The normalized spacial score (nSPS) is 15.6. The van der Waals surface area contributed by atoms with Gasteiger partial charge in [-0.1, -0.05) is 20.8 Å². The summed E-state index contributed by atoms with van der Waals surface area (Å²) in [4.78, 5) is 17.0. The van der Waals surface area contributed by atoms with Gasteiger partial charge in [-0.05, 0) is 43.0 Å². The van der Waals surface area contributed by atoms with Gasteiger partial charge in [0.1, 0.15) is 12.5 Å². The molecule has 3 heterocycles. The third kappa shape index (κ3) is 4.88. The summed E-state index contributed by atoms with van der Waals surface area (Å²) in [7, 11) is -3.93. The minimum Gasteiger partial charge on any atom is -0.381 e. The molecule has 10 heteroatoms. The molecule has 34 heavy (non-hydrogen) atoms. The van der Waals surface area contributed by atoms with Crippen LogP contribution in [0.3, 0.4) is 0 Å². The lowest BCUT2D eigenvalue weighted by molar-refractivity contribution is 0.0611. The SMILES string of the molecule is CC(C)(C)c1nc2cc(S(=O)(=O)n3ccc(C(=O)NCCF)c3)ccc2n1CC1CCOCC1. The Balaban J connectivity index is 1.69. The number of halogens is 1. The zero-order valence-corrected chi connectivity index (χ0v) is 20.6. The molecule has 0 aliphatic carbocycles. The number of ether oxygens (including phenoxy) is 1. The molecular formula is C24H31FN4O4S. The third-order valence-corrected chi connectivity index (χ3v) is 7.69. The van der Waals surface area contributed by atoms with E-state index in [0.29, 0.717) is 11.4 Å². The molecule has 0 bridgehead atoms. The van der Waals surface area contributed by atoms with Crippen LogP contribution in [0.15, 0.2) is 41.6 Å². The molecule has 1 saturated heterocycles. The van der Waals surface area contributed by atoms with Crippen molar-refractivity contribution in [1.29, 1.82) is 0 Å². The quantitative estimate of drug-likeness (QED) is 0.547. The lowest BCUT2D eigenvalue weighted by Crippen LogP contribution is -2.25. The number of amides is 1. The van der Waals surface area contributed by atoms with Gasteiger partial charge in [0.05, 0.1) is 21.5 Å². The summed E-state index contributed by atoms with van der Waals surface area (Å²) in [5.74, 6) is 0.873. The number of aromatic nitrogens is 3. The number of hydrogen-bond acceptors (Lipinski definition) is 5. The first-order chi connectivity index (χ1) is 16.1. The minimum absolute atomic E-state index is 0.0856. The number of hydrogen-bond donors (Lipinski definition) is 1. The molecule has 1 amide bonds. The first kappa shape index (κ1) is 24.4. The van der Waals surface area contributed by atoms with Crippen LogP contribution in [0.1, 0.15) is 49.8 Å². The fourth-order valence-electron chi connectivity index (χ4n) is 4.26. The maximum atomic E-state index is 13.3. The summed E-state index contributed by atoms with van der Waals surface area (Å²) < 4.78 is 47.5. The molecule has 0 atom stereocenters. The van der Waals surface area contributed by atoms with E-state index in [2.05, 4.69) is 30.7 Å². The number of imidazole rings is 1. The van der Waals surface area contributed by atoms with E-state index < -0.39 is 22.6 Å². The number of benzene rings is 1. The van der Waals surface area contributed by atoms with Gasteiger partial charge in [0, 0.05) is 44.1 Å². The van der Waals surface area contributed by atoms with Crippen LogP contribution in [0, 0.1) is 5.92 Å². The van der Waals surface area contributed by atoms with Crippen molar-refractivity contribution in [1.82, 2.24) is 18.8 Å². The van der Waals surface area contributed by atoms with Crippen molar-refractivity contribution in [2.24, 2.45) is 5.92 Å². The lowest BCUT2D eigenvalue weighted by atomic mass is 9.94. The maximum Gasteiger partial charge on any atom is 0.267 e. The predicted octanol–water partition coefficient (Wildman–Crippen LogP) is 3.50. The number of nitrogens with zero attached hydrogens (tertiary/aromatic N) is 3. The fourth-order valence-corrected chi connectivity index (χ4v) is 5.48. The summed E-state index contributed by atoms with van der Waals surface area (Å²) in [6.07, 6.45) is 4.53. The predicted molar refractivity (Wildman–Crippen MR) is 127 cm³/mol. The molecule has 0 radical (unpaired) electrons. The van der Waals surface area contributed by atoms with Crippen molar-refractivity contribution in [3.05, 3.63) is 48.0 Å². The van der Waals surface area contributed by atoms with Crippen molar-refractivity contribution >= 4 is 27.0 Å². The van der Waals surface area contributed by atoms with Crippen molar-refractivity contribution in [2.45, 2.75) is 50.5 Å². The molecule has 1 aliphatic rings. The summed E-state index contributed by atoms with van der Waals surface area (Å²) >= 11 is 0. The Labute approximate surface area is 199 Å². The smallest absolute Gasteiger partial charge is 0.267 e. The number of fused-ring (bicyclic) bond motifs is 1. The minimum atomic E-state index is -3.93. The van der Waals surface area contributed by atoms with E-state index in [1.54, 1.807) is 12.1 Å². The Bertz CT molecular complexity index is 1280. The zero-order valence-electron chi connectivity index (χ0n) is 19.8. The van der Waals surface area contributed by atoms with Gasteiger partial charge in [0.2, 0.25) is 0 Å². The Morgan fingerprint density at radius 2 is 1.97 bits per heavy atom. The van der Waals surface area contributed by atoms with Crippen LogP contribution >= 0.6 is 0 Å². The topological polar surface area (TPSA) is 95.2 Å². The maximum absolute atomic E-state index is 13.3. The van der Waals surface area contributed by atoms with Gasteiger partial charge in [-0.2, -0.15) is 0 Å². The Kier molecular flexibility index (Phi) is 6.82. The van der Waals surface area contributed by atoms with Crippen molar-refractivity contribution in [3.63, 3.8) is 0 Å². The monoisotopic (exact) mass is 490 g/mol. The van der Waals surface area contributed by atoms with Crippen LogP contribution in [0.4, 0.5) is 4.39 Å². The molecule has 184 valence electrons. The van der Waals surface area contributed by atoms with Crippen LogP contribution < -0.4 is 5.32 Å². The van der Waals surface area contributed by atoms with E-state index in [4.69, 9.17) is 9.72 Å². The first-order valence-electron chi connectivity index (χ1n) is 11.5. The fraction of sp³-hybridized carbons (Fsp3) is 0.500. The van der Waals surface area contributed by atoms with Gasteiger partial charge in [-0.3, -0.25) is 4.79 Å². The highest BCUT2D eigenvalue weighted by Gasteiger charge is 2.27. The van der Waals surface area contributed by atoms with Gasteiger partial charge in [-0.15, -0.1) is 0 Å². The molecular weight excluding hydrogens is 459 g/mol. The second kappa shape index (κ2) is 9.50. The average molecular weight is 491 g/mol. The van der Waals surface area contributed by atoms with Gasteiger partial charge in [0.15, 0.2) is 0 Å². The van der Waals surface area contributed by atoms with E-state index in [0.717, 1.165) is 47.9 Å². The molecule has 4 rings (SSSR count). The third-order valence-electron chi connectivity index (χ3n) is 6.06. The van der Waals surface area contributed by atoms with Crippen molar-refractivity contribution in [2.75, 3.05) is 26.4 Å². The largest absolute Gasteiger partial charge is 0.381 e. The molecule has 1 aromatic carbocycles. The van der Waals surface area contributed by atoms with Crippen LogP contribution in [-0.4, -0.2) is 54.3 Å². The molecule has 3 aromatic rings. The number of rotatable bonds is 7. The standard InChI is InChI=1S/C24H31FN4O4S/c1-24(2,3)23-27-20-14-19(4-5-21(20)29(23)15-17-7-12-33-13-8-17)34(31,32)28-11-6-18(16-28)22(30)26-10-9-25/h4-6,11,14,16-17H,7-10,12-13,15H2,1-3H3,(H,26,30). The molecule has 1 aliphatic heterocycles. The summed E-state index contributed by atoms with van der Waals surface area (Å²) in [6, 6.07) is 6.37. The molecule has 0 spiro atoms. The molecule has 8 nitrogen and oxygen atoms in total. The lowest BCUT2D eigenvalue weighted by Gasteiger charge is -2.26. The Hall–Kier alpha value is -2.72. The highest BCUT2D eigenvalue weighted by molar-refractivity contribution is 7.90. The number of nitrogens with one attached hydrogen (secondary N) is 1. The van der Waals surface area contributed by atoms with Crippen LogP contribution in [0.5, 0.6) is 0 Å². The van der Waals surface area contributed by atoms with Gasteiger partial charge in [-0.25, -0.2) is 21.8 Å². The van der Waals surface area contributed by atoms with E-state index in [1.807, 2.05) is 6.07 Å². The highest BCUT2D eigenvalue weighted by atomic mass is 32.2. The molecule has 0 unspecified atom stereocenters. The number of alkyl halides is 1. The number of carbonyl (C=O) groups is 1. The van der Waals surface area contributed by atoms with Crippen molar-refractivity contribution < 1.29 is 22.3 Å². The zero-order chi connectivity index (χ0) is 24.5. The Morgan fingerprint density at radius 1 is 1.24 bits per heavy atom. The van der Waals surface area contributed by atoms with E-state index in [1.165, 1.54) is 18.5 Å². The van der Waals surface area contributed by atoms with Crippen LogP contribution in [-0.2, 0) is 26.7 Å². The Morgan fingerprint density at radius 3 is 2.65 bits per heavy atom. The van der Waals surface area contributed by atoms with Crippen LogP contribution in [0.2, 0.25) is 0 Å². The summed E-state index contributed by atoms with van der Waals surface area (Å²) in [6.45, 7) is 7.81. The second-order valence-corrected chi connectivity index (χ2v) is 11.5. The number of carbonyl (C=O) groups excluding carboxylic acids is 1. The van der Waals surface area contributed by atoms with Gasteiger partial charge >= 0.3 is 0 Å². The molecule has 0 saturated carbocycles. The van der Waals surface area contributed by atoms with E-state index >= 15 is 0 Å². The molecule has 2 aromatic heterocycles. The van der Waals surface area contributed by atoms with Crippen LogP contribution in [0.25, 0.3) is 11.0 Å². The molecule has 1 N–H and O–H groups in total. The summed E-state index contributed by atoms with van der Waals surface area (Å²) in [5.41, 5.74) is 1.44. The average Bonchev–Trinajstić information content (AvgIpc) is 3.44. The second-order valence-electron chi connectivity index (χ2n) is 9.68. The van der Waals surface area contributed by atoms with E-state index in [9.17, 15) is 17.6 Å². The highest BCUT2D eigenvalue weighted by Crippen LogP contribution is 2.30. The van der Waals surface area contributed by atoms with Gasteiger partial charge < -0.3 is 14.6 Å². The van der Waals surface area contributed by atoms with E-state index in [-0.39, 0.29) is 22.4 Å². The molecule has 1 fully saturated rings. The van der Waals surface area contributed by atoms with Crippen molar-refractivity contribution in [3.8, 4) is 0 Å².